The number of fused-ring (bicyclic) bond motifs is 2. The molecule has 3 aromatic rings. The molecule has 13 heteroatoms. The van der Waals surface area contributed by atoms with E-state index in [1.807, 2.05) is 33.8 Å². The van der Waals surface area contributed by atoms with E-state index in [4.69, 9.17) is 23.4 Å². The van der Waals surface area contributed by atoms with Crippen LogP contribution in [-0.2, 0) is 34.7 Å². The molecule has 1 unspecified atom stereocenters. The number of ether oxygens (including phenoxy) is 4. The summed E-state index contributed by atoms with van der Waals surface area (Å²) < 4.78 is 49.5. The quantitative estimate of drug-likeness (QED) is 0.0656. The lowest BCUT2D eigenvalue weighted by atomic mass is 9.87. The SMILES string of the molecule is C[C@@H]1/C=C\CC(CO[Si](C)(C)C(C)(C)C)S[C@H]2O[C@H]([C@@H]1N[S@+]([O-])C(C)(C)C)[C@H](OC(=O)c1ccccc1)[C@H](OC(=O)c1ccccc1)[C@H]2OC(=O)c1ccccc1. The first-order valence-electron chi connectivity index (χ1n) is 19.4. The third-order valence-corrected chi connectivity index (χ3v) is 18.1. The van der Waals surface area contributed by atoms with E-state index in [1.54, 1.807) is 91.0 Å². The van der Waals surface area contributed by atoms with E-state index in [-0.39, 0.29) is 32.9 Å². The van der Waals surface area contributed by atoms with Crippen molar-refractivity contribution in [1.82, 2.24) is 4.72 Å². The molecule has 2 aliphatic heterocycles. The highest BCUT2D eigenvalue weighted by Crippen LogP contribution is 2.42. The molecule has 3 aromatic carbocycles. The predicted octanol–water partition coefficient (Wildman–Crippen LogP) is 8.53. The van der Waals surface area contributed by atoms with Crippen molar-refractivity contribution in [2.24, 2.45) is 5.92 Å². The van der Waals surface area contributed by atoms with Gasteiger partial charge in [-0.1, -0.05) is 94.4 Å². The normalized spacial score (nSPS) is 26.7. The van der Waals surface area contributed by atoms with Crippen LogP contribution >= 0.6 is 11.8 Å². The molecule has 2 bridgehead atoms. The summed E-state index contributed by atoms with van der Waals surface area (Å²) in [7, 11) is -2.19. The topological polar surface area (TPSA) is 132 Å². The van der Waals surface area contributed by atoms with Gasteiger partial charge in [-0.05, 0) is 87.6 Å². The maximum Gasteiger partial charge on any atom is 0.338 e. The smallest absolute Gasteiger partial charge is 0.338 e. The van der Waals surface area contributed by atoms with E-state index in [2.05, 4.69) is 44.7 Å². The molecule has 10 nitrogen and oxygen atoms in total. The molecule has 0 aliphatic carbocycles. The molecule has 57 heavy (non-hydrogen) atoms. The molecular weight excluding hydrogens is 779 g/mol. The number of esters is 3. The molecule has 0 radical (unpaired) electrons. The van der Waals surface area contributed by atoms with Crippen LogP contribution in [0.5, 0.6) is 0 Å². The molecule has 0 saturated carbocycles. The van der Waals surface area contributed by atoms with Crippen molar-refractivity contribution in [1.29, 1.82) is 0 Å². The number of hydrogen-bond acceptors (Lipinski definition) is 11. The number of carbonyl (C=O) groups is 3. The summed E-state index contributed by atoms with van der Waals surface area (Å²) in [6, 6.07) is 24.7. The molecule has 0 spiro atoms. The fourth-order valence-corrected chi connectivity index (χ4v) is 9.56. The van der Waals surface area contributed by atoms with Gasteiger partial charge in [-0.15, -0.1) is 16.5 Å². The first kappa shape index (κ1) is 44.7. The van der Waals surface area contributed by atoms with Gasteiger partial charge in [0.2, 0.25) is 0 Å². The minimum absolute atomic E-state index is 0.0353. The lowest BCUT2D eigenvalue weighted by molar-refractivity contribution is -0.207. The molecule has 0 aromatic heterocycles. The van der Waals surface area contributed by atoms with E-state index in [0.717, 1.165) is 0 Å². The van der Waals surface area contributed by atoms with Crippen molar-refractivity contribution in [2.45, 2.75) is 119 Å². The van der Waals surface area contributed by atoms with Crippen molar-refractivity contribution in [3.8, 4) is 0 Å². The minimum atomic E-state index is -2.19. The average molecular weight is 836 g/mol. The molecule has 0 amide bonds. The Morgan fingerprint density at radius 1 is 0.772 bits per heavy atom. The molecule has 1 N–H and O–H groups in total. The van der Waals surface area contributed by atoms with Crippen LogP contribution < -0.4 is 4.72 Å². The third kappa shape index (κ3) is 11.6. The van der Waals surface area contributed by atoms with E-state index in [9.17, 15) is 18.9 Å². The molecule has 1 saturated heterocycles. The van der Waals surface area contributed by atoms with E-state index in [0.29, 0.717) is 13.0 Å². The van der Waals surface area contributed by atoms with Crippen LogP contribution in [-0.4, -0.2) is 83.3 Å². The summed E-state index contributed by atoms with van der Waals surface area (Å²) in [4.78, 5) is 42.1. The summed E-state index contributed by atoms with van der Waals surface area (Å²) >= 11 is -0.172. The van der Waals surface area contributed by atoms with Gasteiger partial charge in [0.25, 0.3) is 0 Å². The van der Waals surface area contributed by atoms with Gasteiger partial charge in [-0.2, -0.15) is 0 Å². The van der Waals surface area contributed by atoms with Crippen molar-refractivity contribution >= 4 is 49.3 Å². The standard InChI is InChI=1S/C44H57NO9S2Si/c1-29-20-19-27-33(28-50-57(8,9)44(5,6)7)55-42-38(53-41(48)32-25-17-12-18-26-32)37(52-40(47)31-23-15-11-16-24-31)36(51-39(46)30-21-13-10-14-22-30)35(54-42)34(29)45-56(49)43(2,3)4/h10-26,29,33-38,42,45H,27-28H2,1-9H3/b20-19-/t29-,33?,34-,35-,36+,37+,38-,42-,56-/m1/s1. The molecule has 2 aliphatic rings. The maximum absolute atomic E-state index is 14.1. The summed E-state index contributed by atoms with van der Waals surface area (Å²) in [5.41, 5.74) is -0.141. The fraction of sp³-hybridized carbons (Fsp3) is 0.477. The van der Waals surface area contributed by atoms with Crippen molar-refractivity contribution in [3.63, 3.8) is 0 Å². The minimum Gasteiger partial charge on any atom is -0.598 e. The third-order valence-electron chi connectivity index (χ3n) is 10.6. The van der Waals surface area contributed by atoms with Crippen molar-refractivity contribution in [3.05, 3.63) is 120 Å². The molecule has 2 heterocycles. The Morgan fingerprint density at radius 2 is 1.23 bits per heavy atom. The molecule has 1 fully saturated rings. The summed E-state index contributed by atoms with van der Waals surface area (Å²) in [6.45, 7) is 18.9. The monoisotopic (exact) mass is 835 g/mol. The zero-order valence-electron chi connectivity index (χ0n) is 34.3. The Labute approximate surface area is 346 Å². The van der Waals surface area contributed by atoms with Crippen LogP contribution in [0.2, 0.25) is 18.1 Å². The molecule has 308 valence electrons. The number of carbonyl (C=O) groups excluding carboxylic acids is 3. The predicted molar refractivity (Wildman–Crippen MR) is 228 cm³/mol. The van der Waals surface area contributed by atoms with Gasteiger partial charge in [0.1, 0.15) is 16.3 Å². The highest BCUT2D eigenvalue weighted by Gasteiger charge is 2.57. The number of allylic oxidation sites excluding steroid dienone is 1. The Balaban J connectivity index is 1.67. The van der Waals surface area contributed by atoms with Crippen LogP contribution in [0.4, 0.5) is 0 Å². The van der Waals surface area contributed by atoms with Crippen LogP contribution in [0.25, 0.3) is 0 Å². The highest BCUT2D eigenvalue weighted by molar-refractivity contribution is 8.00. The highest BCUT2D eigenvalue weighted by atomic mass is 32.2. The summed E-state index contributed by atoms with van der Waals surface area (Å²) in [5, 5.41) is -0.208. The van der Waals surface area contributed by atoms with E-state index < -0.39 is 78.2 Å². The number of rotatable bonds is 11. The largest absolute Gasteiger partial charge is 0.598 e. The van der Waals surface area contributed by atoms with E-state index in [1.165, 1.54) is 11.8 Å². The van der Waals surface area contributed by atoms with Gasteiger partial charge < -0.3 is 27.9 Å². The summed E-state index contributed by atoms with van der Waals surface area (Å²) in [6.07, 6.45) is -0.269. The first-order chi connectivity index (χ1) is 26.9. The Hall–Kier alpha value is -3.43. The molecule has 5 rings (SSSR count). The number of hydrogen-bond donors (Lipinski definition) is 1. The average Bonchev–Trinajstić information content (AvgIpc) is 3.17. The second kappa shape index (κ2) is 19.1. The number of thioether (sulfide) groups is 1. The van der Waals surface area contributed by atoms with Gasteiger partial charge in [-0.3, -0.25) is 0 Å². The van der Waals surface area contributed by atoms with Gasteiger partial charge in [0.05, 0.1) is 22.7 Å². The van der Waals surface area contributed by atoms with Gasteiger partial charge >= 0.3 is 17.9 Å². The van der Waals surface area contributed by atoms with E-state index >= 15 is 0 Å². The molecular formula is C44H57NO9S2Si. The van der Waals surface area contributed by atoms with Gasteiger partial charge in [-0.25, -0.2) is 14.4 Å². The first-order valence-corrected chi connectivity index (χ1v) is 24.4. The Morgan fingerprint density at radius 3 is 1.68 bits per heavy atom. The second-order valence-corrected chi connectivity index (χ2v) is 25.3. The zero-order valence-corrected chi connectivity index (χ0v) is 37.0. The second-order valence-electron chi connectivity index (χ2n) is 17.1. The van der Waals surface area contributed by atoms with Crippen molar-refractivity contribution < 1.29 is 42.3 Å². The zero-order chi connectivity index (χ0) is 41.5. The number of nitrogens with one attached hydrogen (secondary N) is 1. The van der Waals surface area contributed by atoms with Crippen LogP contribution in [0.15, 0.2) is 103 Å². The summed E-state index contributed by atoms with van der Waals surface area (Å²) in [5.74, 6) is -2.38. The van der Waals surface area contributed by atoms with Gasteiger partial charge in [0.15, 0.2) is 26.6 Å². The maximum atomic E-state index is 14.1. The lowest BCUT2D eigenvalue weighted by Gasteiger charge is -2.48. The van der Waals surface area contributed by atoms with Crippen LogP contribution in [0.3, 0.4) is 0 Å². The fourth-order valence-electron chi connectivity index (χ4n) is 6.13. The number of benzene rings is 3. The van der Waals surface area contributed by atoms with Gasteiger partial charge in [0, 0.05) is 23.2 Å². The van der Waals surface area contributed by atoms with Crippen LogP contribution in [0, 0.1) is 5.92 Å². The Bertz CT molecular complexity index is 1820. The molecule has 9 atom stereocenters. The lowest BCUT2D eigenvalue weighted by Crippen LogP contribution is -2.67. The van der Waals surface area contributed by atoms with Crippen LogP contribution in [0.1, 0.15) is 86.0 Å². The Kier molecular flexibility index (Phi) is 15.0. The van der Waals surface area contributed by atoms with Crippen molar-refractivity contribution in [2.75, 3.05) is 6.61 Å².